The van der Waals surface area contributed by atoms with E-state index >= 15 is 0 Å². The molecule has 4 aromatic carbocycles. The predicted molar refractivity (Wildman–Crippen MR) is 282 cm³/mol. The molecule has 0 atom stereocenters. The van der Waals surface area contributed by atoms with Crippen LogP contribution < -0.4 is 34.8 Å². The van der Waals surface area contributed by atoms with Crippen LogP contribution in [-0.2, 0) is 20.7 Å². The lowest BCUT2D eigenvalue weighted by atomic mass is 10.2. The van der Waals surface area contributed by atoms with Crippen LogP contribution >= 0.6 is 22.7 Å². The molecule has 24 nitrogen and oxygen atoms in total. The zero-order valence-corrected chi connectivity index (χ0v) is 44.3. The van der Waals surface area contributed by atoms with E-state index in [0.717, 1.165) is 27.2 Å². The molecule has 0 unspecified atom stereocenters. The number of nitrogens with zero attached hydrogens (tertiary/aromatic N) is 12. The summed E-state index contributed by atoms with van der Waals surface area (Å²) in [6.07, 6.45) is 0. The lowest BCUT2D eigenvalue weighted by Gasteiger charge is -2.25. The van der Waals surface area contributed by atoms with Gasteiger partial charge in [-0.25, -0.2) is 9.97 Å². The molecule has 3 aromatic heterocycles. The van der Waals surface area contributed by atoms with Crippen LogP contribution in [0, 0.1) is 13.8 Å². The molecule has 0 aliphatic rings. The molecule has 0 amide bonds. The van der Waals surface area contributed by atoms with Crippen molar-refractivity contribution >= 4 is 126 Å². The van der Waals surface area contributed by atoms with Gasteiger partial charge in [0, 0.05) is 51.4 Å². The van der Waals surface area contributed by atoms with Crippen LogP contribution in [0.25, 0.3) is 20.4 Å². The number of hydrogen-bond donors (Lipinski definition) is 5. The summed E-state index contributed by atoms with van der Waals surface area (Å²) < 4.78 is 72.5. The number of ether oxygens (including phenoxy) is 2. The van der Waals surface area contributed by atoms with Crippen LogP contribution in [0.5, 0.6) is 11.5 Å². The summed E-state index contributed by atoms with van der Waals surface area (Å²) in [5.74, 6) is 1.37. The molecule has 7 rings (SSSR count). The van der Waals surface area contributed by atoms with Crippen LogP contribution in [0.3, 0.4) is 0 Å². The van der Waals surface area contributed by atoms with Crippen molar-refractivity contribution in [3.05, 3.63) is 65.7 Å². The highest BCUT2D eigenvalue weighted by atomic mass is 32.2. The van der Waals surface area contributed by atoms with E-state index in [1.54, 1.807) is 44.2 Å². The van der Waals surface area contributed by atoms with E-state index in [4.69, 9.17) is 37.1 Å². The second-order valence-electron chi connectivity index (χ2n) is 15.5. The van der Waals surface area contributed by atoms with Crippen molar-refractivity contribution in [1.29, 1.82) is 0 Å². The molecule has 0 saturated carbocycles. The predicted octanol–water partition coefficient (Wildman–Crippen LogP) is 8.77. The number of thiazole rings is 2. The van der Waals surface area contributed by atoms with Crippen LogP contribution in [-0.4, -0.2) is 127 Å². The first-order chi connectivity index (χ1) is 34.9. The SMILES string of the molecule is CCN(CC)c1cc(Nc2nc(Nc3cc(N(CC)CC)c(OC)cc3N=Nc3nc4cc(S(=O)(=O)O)c(C)cc4s3)nc(N(CCO)CCO)n2)c(N=Nc2nc3ccc(C)cc3s2)cc1OC.O=S(=O)=O. The zero-order valence-electron chi connectivity index (χ0n) is 41.1. The first kappa shape index (κ1) is 55.2. The Morgan fingerprint density at radius 1 is 0.630 bits per heavy atom. The molecule has 0 spiro atoms. The van der Waals surface area contributed by atoms with Gasteiger partial charge < -0.3 is 45.0 Å². The van der Waals surface area contributed by atoms with E-state index in [1.807, 2.05) is 58.9 Å². The number of aliphatic hydroxyl groups is 2. The third-order valence-electron chi connectivity index (χ3n) is 10.9. The highest BCUT2D eigenvalue weighted by Crippen LogP contribution is 2.43. The van der Waals surface area contributed by atoms with Crippen molar-refractivity contribution in [3.8, 4) is 11.5 Å². The van der Waals surface area contributed by atoms with Gasteiger partial charge >= 0.3 is 10.6 Å². The van der Waals surface area contributed by atoms with Crippen LogP contribution in [0.4, 0.5) is 62.2 Å². The average molecular weight is 1080 g/mol. The van der Waals surface area contributed by atoms with Gasteiger partial charge in [0.25, 0.3) is 10.1 Å². The number of benzene rings is 4. The number of anilines is 7. The van der Waals surface area contributed by atoms with Gasteiger partial charge in [-0.3, -0.25) is 4.55 Å². The van der Waals surface area contributed by atoms with Crippen LogP contribution in [0.2, 0.25) is 0 Å². The fourth-order valence-corrected chi connectivity index (χ4v) is 9.94. The van der Waals surface area contributed by atoms with E-state index in [1.165, 1.54) is 28.7 Å². The quantitative estimate of drug-likeness (QED) is 0.0313. The molecule has 0 radical (unpaired) electrons. The highest BCUT2D eigenvalue weighted by Gasteiger charge is 2.22. The topological polar surface area (TPSA) is 312 Å². The van der Waals surface area contributed by atoms with Crippen molar-refractivity contribution < 1.29 is 45.3 Å². The van der Waals surface area contributed by atoms with E-state index < -0.39 is 20.7 Å². The summed E-state index contributed by atoms with van der Waals surface area (Å²) in [5.41, 5.74) is 5.74. The molecule has 388 valence electrons. The molecule has 73 heavy (non-hydrogen) atoms. The van der Waals surface area contributed by atoms with E-state index in [-0.39, 0.29) is 54.2 Å². The minimum Gasteiger partial charge on any atom is -0.494 e. The first-order valence-electron chi connectivity index (χ1n) is 22.5. The fourth-order valence-electron chi connectivity index (χ4n) is 7.46. The number of hydrogen-bond acceptors (Lipinski definition) is 25. The summed E-state index contributed by atoms with van der Waals surface area (Å²) in [5, 5.41) is 45.8. The second kappa shape index (κ2) is 25.0. The summed E-state index contributed by atoms with van der Waals surface area (Å²) in [7, 11) is -4.43. The molecular weight excluding hydrogens is 1020 g/mol. The molecule has 5 N–H and O–H groups in total. The Morgan fingerprint density at radius 3 is 1.53 bits per heavy atom. The maximum atomic E-state index is 12.0. The number of fused-ring (bicyclic) bond motifs is 2. The maximum absolute atomic E-state index is 12.0. The Kier molecular flexibility index (Phi) is 18.9. The Hall–Kier alpha value is -7.08. The molecule has 0 aliphatic heterocycles. The monoisotopic (exact) mass is 1080 g/mol. The van der Waals surface area contributed by atoms with Crippen molar-refractivity contribution in [2.24, 2.45) is 20.5 Å². The molecule has 0 saturated heterocycles. The summed E-state index contributed by atoms with van der Waals surface area (Å²) >= 11 is 2.61. The minimum atomic E-state index is -4.48. The van der Waals surface area contributed by atoms with E-state index in [0.29, 0.717) is 81.3 Å². The molecule has 7 aromatic rings. The molecule has 28 heteroatoms. The number of nitrogens with one attached hydrogen (secondary N) is 2. The maximum Gasteiger partial charge on any atom is 0.425 e. The lowest BCUT2D eigenvalue weighted by Crippen LogP contribution is -2.31. The molecule has 0 aliphatic carbocycles. The standard InChI is InChI=1S/C45H54N14O7S3.O3S/c1-9-57(10-2)34-21-29(31(23-36(34)65-7)53-55-44-48-28-14-13-26(5)19-38(28)67-44)46-41-50-42(52-43(51-41)59(15-17-60)16-18-61)47-30-22-35(58(11-3)12-4)37(66-8)24-32(30)54-56-45-49-33-25-40(69(62,63)64)27(6)20-39(33)68-45;1-4(2)3/h13-14,19-25,60-61H,9-12,15-18H2,1-8H3,(H,62,63,64)(H2,46,47,50,51,52);. The Balaban J connectivity index is 0.00000209. The first-order valence-corrected chi connectivity index (χ1v) is 26.6. The lowest BCUT2D eigenvalue weighted by molar-refractivity contribution is 0.280. The van der Waals surface area contributed by atoms with Gasteiger partial charge in [0.1, 0.15) is 22.9 Å². The van der Waals surface area contributed by atoms with Gasteiger partial charge in [-0.15, -0.1) is 33.1 Å². The Morgan fingerprint density at radius 2 is 1.10 bits per heavy atom. The third-order valence-corrected chi connectivity index (χ3v) is 13.7. The molecular formula is C45H54N14O10S4. The van der Waals surface area contributed by atoms with Crippen molar-refractivity contribution in [1.82, 2.24) is 24.9 Å². The second-order valence-corrected chi connectivity index (χ2v) is 19.3. The number of methoxy groups -OCH3 is 2. The Bertz CT molecular complexity index is 3360. The molecule has 3 heterocycles. The van der Waals surface area contributed by atoms with Gasteiger partial charge in [-0.1, -0.05) is 28.7 Å². The smallest absolute Gasteiger partial charge is 0.425 e. The summed E-state index contributed by atoms with van der Waals surface area (Å²) in [4.78, 5) is 29.2. The number of aryl methyl sites for hydroxylation is 2. The van der Waals surface area contributed by atoms with Gasteiger partial charge in [-0.05, 0) is 89.1 Å². The highest BCUT2D eigenvalue weighted by molar-refractivity contribution is 7.85. The molecule has 0 bridgehead atoms. The zero-order chi connectivity index (χ0) is 53.0. The van der Waals surface area contributed by atoms with Gasteiger partial charge in [-0.2, -0.15) is 23.4 Å². The normalized spacial score (nSPS) is 11.5. The largest absolute Gasteiger partial charge is 0.494 e. The number of rotatable bonds is 22. The van der Waals surface area contributed by atoms with Crippen molar-refractivity contribution in [3.63, 3.8) is 0 Å². The number of azo groups is 2. The van der Waals surface area contributed by atoms with Crippen LogP contribution in [0.1, 0.15) is 38.8 Å². The minimum absolute atomic E-state index is 0.0640. The molecule has 0 fully saturated rings. The average Bonchev–Trinajstić information content (AvgIpc) is 3.95. The number of aromatic nitrogens is 5. The fraction of sp³-hybridized carbons (Fsp3) is 0.356. The van der Waals surface area contributed by atoms with Crippen LogP contribution in [0.15, 0.2) is 79.9 Å². The summed E-state index contributed by atoms with van der Waals surface area (Å²) in [6.45, 7) is 14.1. The summed E-state index contributed by atoms with van der Waals surface area (Å²) in [6, 6.07) is 16.2. The van der Waals surface area contributed by atoms with Gasteiger partial charge in [0.05, 0.1) is 75.5 Å². The van der Waals surface area contributed by atoms with Gasteiger partial charge in [0.2, 0.25) is 28.1 Å². The van der Waals surface area contributed by atoms with E-state index in [2.05, 4.69) is 56.9 Å². The van der Waals surface area contributed by atoms with Crippen molar-refractivity contribution in [2.45, 2.75) is 46.4 Å². The number of aliphatic hydroxyl groups excluding tert-OH is 2. The third kappa shape index (κ3) is 13.9. The Labute approximate surface area is 430 Å². The van der Waals surface area contributed by atoms with Crippen molar-refractivity contribution in [2.75, 3.05) is 92.0 Å². The van der Waals surface area contributed by atoms with E-state index in [9.17, 15) is 23.2 Å². The van der Waals surface area contributed by atoms with Gasteiger partial charge in [0.15, 0.2) is 0 Å².